The van der Waals surface area contributed by atoms with Crippen molar-refractivity contribution in [1.29, 1.82) is 0 Å². The number of hydrogen-bond acceptors (Lipinski definition) is 1. The number of rotatable bonds is 3. The van der Waals surface area contributed by atoms with E-state index in [1.807, 2.05) is 0 Å². The maximum atomic E-state index is 2.47. The van der Waals surface area contributed by atoms with Crippen LogP contribution >= 0.6 is 0 Å². The fourth-order valence-corrected chi connectivity index (χ4v) is 2.68. The van der Waals surface area contributed by atoms with Crippen LogP contribution in [0.4, 0.5) is 0 Å². The van der Waals surface area contributed by atoms with Gasteiger partial charge in [-0.05, 0) is 50.7 Å². The lowest BCUT2D eigenvalue weighted by Crippen LogP contribution is -2.40. The first-order valence-electron chi connectivity index (χ1n) is 5.79. The molecule has 0 atom stereocenters. The van der Waals surface area contributed by atoms with E-state index in [0.29, 0.717) is 5.41 Å². The zero-order valence-electron chi connectivity index (χ0n) is 9.77. The second-order valence-electron chi connectivity index (χ2n) is 5.07. The molecule has 1 saturated heterocycles. The molecular formula is C12H25N. The molecule has 0 radical (unpaired) electrons. The summed E-state index contributed by atoms with van der Waals surface area (Å²) >= 11 is 0. The van der Waals surface area contributed by atoms with E-state index in [4.69, 9.17) is 0 Å². The van der Waals surface area contributed by atoms with Crippen LogP contribution in [0.25, 0.3) is 0 Å². The van der Waals surface area contributed by atoms with Crippen molar-refractivity contribution in [3.63, 3.8) is 0 Å². The van der Waals surface area contributed by atoms with Crippen molar-refractivity contribution in [1.82, 2.24) is 4.90 Å². The van der Waals surface area contributed by atoms with Crippen LogP contribution in [-0.4, -0.2) is 25.0 Å². The Hall–Kier alpha value is -0.0400. The van der Waals surface area contributed by atoms with Crippen molar-refractivity contribution >= 4 is 0 Å². The van der Waals surface area contributed by atoms with Gasteiger partial charge in [0, 0.05) is 0 Å². The van der Waals surface area contributed by atoms with Gasteiger partial charge in [0.25, 0.3) is 0 Å². The van der Waals surface area contributed by atoms with Gasteiger partial charge in [0.1, 0.15) is 0 Å². The predicted octanol–water partition coefficient (Wildman–Crippen LogP) is 3.15. The Balaban J connectivity index is 2.58. The van der Waals surface area contributed by atoms with Crippen molar-refractivity contribution in [3.05, 3.63) is 0 Å². The highest BCUT2D eigenvalue weighted by molar-refractivity contribution is 4.87. The summed E-state index contributed by atoms with van der Waals surface area (Å²) in [6, 6.07) is 0. The predicted molar refractivity (Wildman–Crippen MR) is 58.9 cm³/mol. The molecule has 0 unspecified atom stereocenters. The fourth-order valence-electron chi connectivity index (χ4n) is 2.68. The third-order valence-electron chi connectivity index (χ3n) is 3.96. The molecule has 1 heteroatoms. The Kier molecular flexibility index (Phi) is 3.78. The molecule has 1 aliphatic rings. The molecule has 1 nitrogen and oxygen atoms in total. The van der Waals surface area contributed by atoms with Crippen LogP contribution in [0.1, 0.15) is 46.5 Å². The zero-order valence-corrected chi connectivity index (χ0v) is 9.77. The number of likely N-dealkylation sites (tertiary alicyclic amines) is 1. The largest absolute Gasteiger partial charge is 0.306 e. The van der Waals surface area contributed by atoms with Gasteiger partial charge in [-0.3, -0.25) is 0 Å². The van der Waals surface area contributed by atoms with E-state index in [1.165, 1.54) is 38.8 Å². The monoisotopic (exact) mass is 183 g/mol. The van der Waals surface area contributed by atoms with Gasteiger partial charge in [0.15, 0.2) is 0 Å². The fraction of sp³-hybridized carbons (Fsp3) is 1.00. The first-order chi connectivity index (χ1) is 6.10. The average Bonchev–Trinajstić information content (AvgIpc) is 2.09. The van der Waals surface area contributed by atoms with Crippen LogP contribution in [0.2, 0.25) is 0 Å². The van der Waals surface area contributed by atoms with Gasteiger partial charge >= 0.3 is 0 Å². The molecule has 1 aliphatic heterocycles. The van der Waals surface area contributed by atoms with E-state index in [-0.39, 0.29) is 0 Å². The van der Waals surface area contributed by atoms with E-state index in [1.54, 1.807) is 0 Å². The molecule has 1 rings (SSSR count). The van der Waals surface area contributed by atoms with Crippen molar-refractivity contribution in [3.8, 4) is 0 Å². The molecule has 0 saturated carbocycles. The molecule has 0 bridgehead atoms. The lowest BCUT2D eigenvalue weighted by Gasteiger charge is -2.44. The third-order valence-corrected chi connectivity index (χ3v) is 3.96. The second-order valence-corrected chi connectivity index (χ2v) is 5.07. The van der Waals surface area contributed by atoms with Gasteiger partial charge in [-0.25, -0.2) is 0 Å². The molecule has 1 fully saturated rings. The highest BCUT2D eigenvalue weighted by Crippen LogP contribution is 2.42. The van der Waals surface area contributed by atoms with Crippen molar-refractivity contribution < 1.29 is 0 Å². The maximum Gasteiger partial charge on any atom is -0.00164 e. The van der Waals surface area contributed by atoms with Gasteiger partial charge in [-0.1, -0.05) is 27.2 Å². The van der Waals surface area contributed by atoms with Crippen molar-refractivity contribution in [2.45, 2.75) is 46.5 Å². The van der Waals surface area contributed by atoms with Gasteiger partial charge < -0.3 is 4.90 Å². The van der Waals surface area contributed by atoms with Gasteiger partial charge in [0.2, 0.25) is 0 Å². The highest BCUT2D eigenvalue weighted by Gasteiger charge is 2.35. The summed E-state index contributed by atoms with van der Waals surface area (Å²) in [5, 5.41) is 0. The third kappa shape index (κ3) is 2.46. The minimum Gasteiger partial charge on any atom is -0.306 e. The zero-order chi connectivity index (χ0) is 9.90. The lowest BCUT2D eigenvalue weighted by molar-refractivity contribution is 0.0642. The van der Waals surface area contributed by atoms with E-state index in [0.717, 1.165) is 5.92 Å². The number of piperidine rings is 1. The van der Waals surface area contributed by atoms with E-state index in [9.17, 15) is 0 Å². The Morgan fingerprint density at radius 2 is 1.77 bits per heavy atom. The van der Waals surface area contributed by atoms with Gasteiger partial charge in [-0.2, -0.15) is 0 Å². The van der Waals surface area contributed by atoms with Crippen LogP contribution in [0, 0.1) is 11.3 Å². The Morgan fingerprint density at radius 1 is 1.23 bits per heavy atom. The maximum absolute atomic E-state index is 2.47. The summed E-state index contributed by atoms with van der Waals surface area (Å²) in [4.78, 5) is 2.47. The SMILES string of the molecule is CCCC1(C(C)C)CCN(C)CC1. The molecule has 0 aromatic rings. The quantitative estimate of drug-likeness (QED) is 0.649. The standard InChI is InChI=1S/C12H25N/c1-5-6-12(11(2)3)7-9-13(4)10-8-12/h11H,5-10H2,1-4H3. The number of nitrogens with zero attached hydrogens (tertiary/aromatic N) is 1. The number of hydrogen-bond donors (Lipinski definition) is 0. The topological polar surface area (TPSA) is 3.24 Å². The Morgan fingerprint density at radius 3 is 2.15 bits per heavy atom. The summed E-state index contributed by atoms with van der Waals surface area (Å²) in [5.41, 5.74) is 0.668. The molecular weight excluding hydrogens is 158 g/mol. The van der Waals surface area contributed by atoms with Crippen molar-refractivity contribution in [2.75, 3.05) is 20.1 Å². The van der Waals surface area contributed by atoms with Crippen LogP contribution in [-0.2, 0) is 0 Å². The molecule has 78 valence electrons. The Bertz CT molecular complexity index is 143. The molecule has 0 aliphatic carbocycles. The smallest absolute Gasteiger partial charge is 0.00164 e. The molecule has 0 amide bonds. The van der Waals surface area contributed by atoms with E-state index >= 15 is 0 Å². The molecule has 0 spiro atoms. The van der Waals surface area contributed by atoms with E-state index in [2.05, 4.69) is 32.7 Å². The summed E-state index contributed by atoms with van der Waals surface area (Å²) in [7, 11) is 2.25. The first-order valence-corrected chi connectivity index (χ1v) is 5.79. The minimum atomic E-state index is 0.668. The lowest BCUT2D eigenvalue weighted by atomic mass is 9.67. The summed E-state index contributed by atoms with van der Waals surface area (Å²) in [5.74, 6) is 0.862. The summed E-state index contributed by atoms with van der Waals surface area (Å²) < 4.78 is 0. The molecule has 0 aromatic heterocycles. The summed E-state index contributed by atoms with van der Waals surface area (Å²) in [6.07, 6.45) is 5.60. The van der Waals surface area contributed by atoms with Gasteiger partial charge in [-0.15, -0.1) is 0 Å². The van der Waals surface area contributed by atoms with E-state index < -0.39 is 0 Å². The molecule has 0 N–H and O–H groups in total. The molecule has 1 heterocycles. The summed E-state index contributed by atoms with van der Waals surface area (Å²) in [6.45, 7) is 9.74. The minimum absolute atomic E-state index is 0.668. The van der Waals surface area contributed by atoms with Gasteiger partial charge in [0.05, 0.1) is 0 Å². The normalized spacial score (nSPS) is 23.8. The van der Waals surface area contributed by atoms with Crippen molar-refractivity contribution in [2.24, 2.45) is 11.3 Å². The van der Waals surface area contributed by atoms with Crippen LogP contribution in [0.15, 0.2) is 0 Å². The van der Waals surface area contributed by atoms with Crippen LogP contribution in [0.3, 0.4) is 0 Å². The Labute approximate surface area is 83.5 Å². The highest BCUT2D eigenvalue weighted by atomic mass is 15.1. The molecule has 0 aromatic carbocycles. The second kappa shape index (κ2) is 4.45. The average molecular weight is 183 g/mol. The molecule has 13 heavy (non-hydrogen) atoms. The van der Waals surface area contributed by atoms with Crippen LogP contribution in [0.5, 0.6) is 0 Å². The van der Waals surface area contributed by atoms with Crippen LogP contribution < -0.4 is 0 Å². The first kappa shape index (κ1) is 11.0.